The van der Waals surface area contributed by atoms with Gasteiger partial charge in [0.2, 0.25) is 11.8 Å². The van der Waals surface area contributed by atoms with Crippen molar-refractivity contribution in [3.8, 4) is 0 Å². The van der Waals surface area contributed by atoms with Crippen LogP contribution in [0.4, 0.5) is 5.69 Å². The second kappa shape index (κ2) is 8.47. The van der Waals surface area contributed by atoms with Gasteiger partial charge in [0.25, 0.3) is 5.91 Å². The Hall–Kier alpha value is -3.15. The summed E-state index contributed by atoms with van der Waals surface area (Å²) in [7, 11) is 0. The lowest BCUT2D eigenvalue weighted by molar-refractivity contribution is -0.131. The normalized spacial score (nSPS) is 16.6. The van der Waals surface area contributed by atoms with Crippen LogP contribution in [-0.4, -0.2) is 34.7 Å². The summed E-state index contributed by atoms with van der Waals surface area (Å²) in [6, 6.07) is 16.5. The Morgan fingerprint density at radius 3 is 2.34 bits per heavy atom. The van der Waals surface area contributed by atoms with Gasteiger partial charge in [-0.3, -0.25) is 14.4 Å². The second-order valence-electron chi connectivity index (χ2n) is 8.28. The van der Waals surface area contributed by atoms with Crippen molar-refractivity contribution in [3.63, 3.8) is 0 Å². The highest BCUT2D eigenvalue weighted by atomic mass is 16.2. The van der Waals surface area contributed by atoms with Crippen LogP contribution in [0, 0.1) is 5.92 Å². The van der Waals surface area contributed by atoms with Gasteiger partial charge in [-0.1, -0.05) is 42.5 Å². The third-order valence-corrected chi connectivity index (χ3v) is 5.03. The molecule has 6 nitrogen and oxygen atoms in total. The summed E-state index contributed by atoms with van der Waals surface area (Å²) in [6.45, 7) is 6.66. The molecule has 1 atom stereocenters. The average Bonchev–Trinajstić information content (AvgIpc) is 3.10. The molecule has 1 aliphatic rings. The van der Waals surface area contributed by atoms with Gasteiger partial charge in [0.15, 0.2) is 0 Å². The summed E-state index contributed by atoms with van der Waals surface area (Å²) in [5.41, 5.74) is 1.52. The lowest BCUT2D eigenvalue weighted by Gasteiger charge is -2.31. The summed E-state index contributed by atoms with van der Waals surface area (Å²) < 4.78 is 0. The number of carbonyl (C=O) groups excluding carboxylic acids is 3. The molecule has 2 N–H and O–H groups in total. The molecule has 0 aliphatic carbocycles. The molecule has 0 spiro atoms. The number of benzene rings is 2. The van der Waals surface area contributed by atoms with Crippen molar-refractivity contribution in [3.05, 3.63) is 65.7 Å². The Morgan fingerprint density at radius 1 is 1.03 bits per heavy atom. The highest BCUT2D eigenvalue weighted by Crippen LogP contribution is 2.27. The zero-order valence-electron chi connectivity index (χ0n) is 17.1. The smallest absolute Gasteiger partial charge is 0.253 e. The van der Waals surface area contributed by atoms with Crippen molar-refractivity contribution in [2.45, 2.75) is 39.3 Å². The molecule has 0 bridgehead atoms. The summed E-state index contributed by atoms with van der Waals surface area (Å²) in [4.78, 5) is 39.4. The molecule has 2 aromatic carbocycles. The molecule has 2 aromatic rings. The van der Waals surface area contributed by atoms with Gasteiger partial charge in [-0.05, 0) is 38.5 Å². The van der Waals surface area contributed by atoms with Crippen LogP contribution in [-0.2, 0) is 16.1 Å². The molecule has 1 saturated heterocycles. The van der Waals surface area contributed by atoms with Gasteiger partial charge in [-0.25, -0.2) is 0 Å². The zero-order valence-corrected chi connectivity index (χ0v) is 17.1. The lowest BCUT2D eigenvalue weighted by atomic mass is 10.1. The van der Waals surface area contributed by atoms with Gasteiger partial charge >= 0.3 is 0 Å². The number of hydrogen-bond donors (Lipinski definition) is 2. The fraction of sp³-hybridized carbons (Fsp3) is 0.348. The van der Waals surface area contributed by atoms with Crippen molar-refractivity contribution in [2.24, 2.45) is 5.92 Å². The summed E-state index contributed by atoms with van der Waals surface area (Å²) >= 11 is 0. The van der Waals surface area contributed by atoms with Crippen LogP contribution in [0.2, 0.25) is 0 Å². The van der Waals surface area contributed by atoms with Crippen molar-refractivity contribution < 1.29 is 14.4 Å². The van der Waals surface area contributed by atoms with E-state index in [1.54, 1.807) is 29.2 Å². The van der Waals surface area contributed by atoms with Gasteiger partial charge in [-0.15, -0.1) is 0 Å². The second-order valence-corrected chi connectivity index (χ2v) is 8.28. The van der Waals surface area contributed by atoms with Crippen LogP contribution in [0.3, 0.4) is 0 Å². The van der Waals surface area contributed by atoms with Crippen LogP contribution in [0.5, 0.6) is 0 Å². The standard InChI is InChI=1S/C23H27N3O3/c1-23(2,3)26-15-17(13-20(26)27)21(28)25-19-12-8-7-11-18(19)22(29)24-14-16-9-5-4-6-10-16/h4-12,17H,13-15H2,1-3H3,(H,24,29)(H,25,28)/t17-/m1/s1. The number of hydrogen-bond acceptors (Lipinski definition) is 3. The van der Waals surface area contributed by atoms with Crippen molar-refractivity contribution in [1.82, 2.24) is 10.2 Å². The van der Waals surface area contributed by atoms with E-state index in [0.717, 1.165) is 5.56 Å². The third-order valence-electron chi connectivity index (χ3n) is 5.03. The molecule has 1 heterocycles. The summed E-state index contributed by atoms with van der Waals surface area (Å²) in [5, 5.41) is 5.73. The van der Waals surface area contributed by atoms with E-state index in [4.69, 9.17) is 0 Å². The fourth-order valence-electron chi connectivity index (χ4n) is 3.43. The first kappa shape index (κ1) is 20.6. The quantitative estimate of drug-likeness (QED) is 0.819. The van der Waals surface area contributed by atoms with Crippen LogP contribution in [0.25, 0.3) is 0 Å². The molecule has 0 unspecified atom stereocenters. The lowest BCUT2D eigenvalue weighted by Crippen LogP contribution is -2.42. The van der Waals surface area contributed by atoms with E-state index in [0.29, 0.717) is 24.3 Å². The van der Waals surface area contributed by atoms with Gasteiger partial charge in [0.1, 0.15) is 0 Å². The van der Waals surface area contributed by atoms with Gasteiger partial charge in [-0.2, -0.15) is 0 Å². The molecule has 152 valence electrons. The monoisotopic (exact) mass is 393 g/mol. The molecular weight excluding hydrogens is 366 g/mol. The number of anilines is 1. The molecule has 0 aromatic heterocycles. The van der Waals surface area contributed by atoms with E-state index in [-0.39, 0.29) is 29.7 Å². The molecule has 1 fully saturated rings. The van der Waals surface area contributed by atoms with Crippen LogP contribution in [0.1, 0.15) is 43.1 Å². The maximum absolute atomic E-state index is 12.8. The van der Waals surface area contributed by atoms with E-state index in [9.17, 15) is 14.4 Å². The third kappa shape index (κ3) is 5.02. The first-order chi connectivity index (χ1) is 13.8. The average molecular weight is 393 g/mol. The predicted octanol–water partition coefficient (Wildman–Crippen LogP) is 3.20. The first-order valence-corrected chi connectivity index (χ1v) is 9.78. The molecule has 3 rings (SSSR count). The number of rotatable bonds is 5. The van der Waals surface area contributed by atoms with Gasteiger partial charge < -0.3 is 15.5 Å². The highest BCUT2D eigenvalue weighted by molar-refractivity contribution is 6.05. The maximum Gasteiger partial charge on any atom is 0.253 e. The van der Waals surface area contributed by atoms with E-state index in [1.807, 2.05) is 51.1 Å². The van der Waals surface area contributed by atoms with Crippen LogP contribution >= 0.6 is 0 Å². The number of carbonyl (C=O) groups is 3. The minimum absolute atomic E-state index is 0.0217. The summed E-state index contributed by atoms with van der Waals surface area (Å²) in [6.07, 6.45) is 0.186. The predicted molar refractivity (Wildman–Crippen MR) is 112 cm³/mol. The molecule has 0 radical (unpaired) electrons. The van der Waals surface area contributed by atoms with Crippen LogP contribution < -0.4 is 10.6 Å². The highest BCUT2D eigenvalue weighted by Gasteiger charge is 2.39. The van der Waals surface area contributed by atoms with Gasteiger partial charge in [0.05, 0.1) is 17.2 Å². The minimum atomic E-state index is -0.429. The maximum atomic E-state index is 12.8. The number of likely N-dealkylation sites (tertiary alicyclic amines) is 1. The molecule has 0 saturated carbocycles. The van der Waals surface area contributed by atoms with Crippen molar-refractivity contribution >= 4 is 23.4 Å². The number of nitrogens with zero attached hydrogens (tertiary/aromatic N) is 1. The van der Waals surface area contributed by atoms with Crippen LogP contribution in [0.15, 0.2) is 54.6 Å². The molecular formula is C23H27N3O3. The van der Waals surface area contributed by atoms with E-state index in [1.165, 1.54) is 0 Å². The largest absolute Gasteiger partial charge is 0.348 e. The molecule has 1 aliphatic heterocycles. The zero-order chi connectivity index (χ0) is 21.0. The van der Waals surface area contributed by atoms with Crippen molar-refractivity contribution in [1.29, 1.82) is 0 Å². The fourth-order valence-corrected chi connectivity index (χ4v) is 3.43. The number of nitrogens with one attached hydrogen (secondary N) is 2. The Kier molecular flexibility index (Phi) is 6.01. The van der Waals surface area contributed by atoms with E-state index < -0.39 is 5.92 Å². The van der Waals surface area contributed by atoms with E-state index >= 15 is 0 Å². The minimum Gasteiger partial charge on any atom is -0.348 e. The SMILES string of the molecule is CC(C)(C)N1C[C@H](C(=O)Nc2ccccc2C(=O)NCc2ccccc2)CC1=O. The van der Waals surface area contributed by atoms with Crippen molar-refractivity contribution in [2.75, 3.05) is 11.9 Å². The Labute approximate surface area is 171 Å². The van der Waals surface area contributed by atoms with E-state index in [2.05, 4.69) is 10.6 Å². The Morgan fingerprint density at radius 2 is 1.69 bits per heavy atom. The Bertz CT molecular complexity index is 903. The molecule has 6 heteroatoms. The number of amides is 3. The molecule has 3 amide bonds. The Balaban J connectivity index is 1.67. The topological polar surface area (TPSA) is 78.5 Å². The summed E-state index contributed by atoms with van der Waals surface area (Å²) in [5.74, 6) is -0.953. The molecule has 29 heavy (non-hydrogen) atoms. The number of para-hydroxylation sites is 1. The first-order valence-electron chi connectivity index (χ1n) is 9.78. The van der Waals surface area contributed by atoms with Gasteiger partial charge in [0, 0.05) is 25.0 Å².